The first-order valence-corrected chi connectivity index (χ1v) is 11.3. The predicted molar refractivity (Wildman–Crippen MR) is 116 cm³/mol. The van der Waals surface area contributed by atoms with Crippen molar-refractivity contribution in [2.75, 3.05) is 31.1 Å². The van der Waals surface area contributed by atoms with Gasteiger partial charge in [-0.3, -0.25) is 9.69 Å². The number of fused-ring (bicyclic) bond motifs is 1. The zero-order valence-corrected chi connectivity index (χ0v) is 18.2. The number of rotatable bonds is 7. The first-order valence-electron chi connectivity index (χ1n) is 10.1. The van der Waals surface area contributed by atoms with Crippen molar-refractivity contribution in [1.82, 2.24) is 9.88 Å². The van der Waals surface area contributed by atoms with E-state index in [9.17, 15) is 4.79 Å². The van der Waals surface area contributed by atoms with E-state index in [1.54, 1.807) is 11.3 Å². The van der Waals surface area contributed by atoms with E-state index in [2.05, 4.69) is 18.7 Å². The second-order valence-corrected chi connectivity index (χ2v) is 8.86. The Morgan fingerprint density at radius 3 is 2.56 bits per heavy atom. The Balaban J connectivity index is 1.90. The van der Waals surface area contributed by atoms with E-state index in [1.165, 1.54) is 6.42 Å². The van der Waals surface area contributed by atoms with Crippen LogP contribution >= 0.6 is 22.9 Å². The van der Waals surface area contributed by atoms with Crippen LogP contribution in [-0.2, 0) is 4.79 Å². The highest BCUT2D eigenvalue weighted by molar-refractivity contribution is 7.22. The van der Waals surface area contributed by atoms with Gasteiger partial charge in [-0.15, -0.1) is 0 Å². The van der Waals surface area contributed by atoms with Crippen LogP contribution in [-0.4, -0.2) is 42.0 Å². The van der Waals surface area contributed by atoms with Crippen LogP contribution in [0.3, 0.4) is 0 Å². The number of nitrogens with zero attached hydrogens (tertiary/aromatic N) is 3. The molecule has 1 amide bonds. The molecule has 0 saturated heterocycles. The van der Waals surface area contributed by atoms with Crippen molar-refractivity contribution in [2.45, 2.75) is 52.9 Å². The fourth-order valence-electron chi connectivity index (χ4n) is 3.91. The molecule has 1 aliphatic carbocycles. The van der Waals surface area contributed by atoms with Gasteiger partial charge in [0.05, 0.1) is 10.2 Å². The third-order valence-electron chi connectivity index (χ3n) is 5.62. The molecular formula is C21H30ClN3OS. The maximum absolute atomic E-state index is 13.4. The highest BCUT2D eigenvalue weighted by atomic mass is 35.5. The Morgan fingerprint density at radius 1 is 1.19 bits per heavy atom. The van der Waals surface area contributed by atoms with Crippen molar-refractivity contribution in [3.05, 3.63) is 22.7 Å². The second kappa shape index (κ2) is 9.35. The number of aryl methyl sites for hydroxylation is 1. The third-order valence-corrected chi connectivity index (χ3v) is 6.87. The summed E-state index contributed by atoms with van der Waals surface area (Å²) in [6.07, 6.45) is 5.60. The SMILES string of the molecule is CCN(CC)CCN(C(=O)C1CCCCC1)c1nc2c(C)cc(Cl)cc2s1. The first-order chi connectivity index (χ1) is 13.0. The molecule has 0 aliphatic heterocycles. The highest BCUT2D eigenvalue weighted by Crippen LogP contribution is 2.35. The summed E-state index contributed by atoms with van der Waals surface area (Å²) in [6, 6.07) is 3.90. The minimum absolute atomic E-state index is 0.146. The molecule has 0 spiro atoms. The molecule has 148 valence electrons. The van der Waals surface area contributed by atoms with Gasteiger partial charge in [-0.1, -0.05) is 56.0 Å². The molecule has 1 fully saturated rings. The minimum atomic E-state index is 0.146. The molecule has 6 heteroatoms. The van der Waals surface area contributed by atoms with Crippen LogP contribution in [0.4, 0.5) is 5.13 Å². The lowest BCUT2D eigenvalue weighted by Crippen LogP contribution is -2.42. The largest absolute Gasteiger partial charge is 0.302 e. The van der Waals surface area contributed by atoms with Crippen LogP contribution in [0.5, 0.6) is 0 Å². The first kappa shape index (κ1) is 20.6. The lowest BCUT2D eigenvalue weighted by atomic mass is 9.88. The maximum Gasteiger partial charge on any atom is 0.231 e. The molecule has 0 unspecified atom stereocenters. The topological polar surface area (TPSA) is 36.4 Å². The third kappa shape index (κ3) is 4.82. The molecule has 1 aromatic heterocycles. The number of likely N-dealkylation sites (N-methyl/N-ethyl adjacent to an activating group) is 1. The van der Waals surface area contributed by atoms with Gasteiger partial charge < -0.3 is 4.90 Å². The fourth-order valence-corrected chi connectivity index (χ4v) is 5.36. The summed E-state index contributed by atoms with van der Waals surface area (Å²) in [5, 5.41) is 1.54. The van der Waals surface area contributed by atoms with Crippen LogP contribution in [0.2, 0.25) is 5.02 Å². The number of hydrogen-bond acceptors (Lipinski definition) is 4. The van der Waals surface area contributed by atoms with Crippen LogP contribution in [0.25, 0.3) is 10.2 Å². The van der Waals surface area contributed by atoms with Crippen LogP contribution in [0.1, 0.15) is 51.5 Å². The second-order valence-electron chi connectivity index (χ2n) is 7.42. The summed E-state index contributed by atoms with van der Waals surface area (Å²) in [5.74, 6) is 0.400. The predicted octanol–water partition coefficient (Wildman–Crippen LogP) is 5.51. The number of hydrogen-bond donors (Lipinski definition) is 0. The lowest BCUT2D eigenvalue weighted by molar-refractivity contribution is -0.123. The quantitative estimate of drug-likeness (QED) is 0.606. The number of anilines is 1. The zero-order valence-electron chi connectivity index (χ0n) is 16.6. The number of amides is 1. The standard InChI is InChI=1S/C21H30ClN3OS/c1-4-24(5-2)11-12-25(20(26)16-9-7-6-8-10-16)21-23-19-15(3)13-17(22)14-18(19)27-21/h13-14,16H,4-12H2,1-3H3. The zero-order chi connectivity index (χ0) is 19.4. The molecule has 1 saturated carbocycles. The van der Waals surface area contributed by atoms with E-state index in [1.807, 2.05) is 24.0 Å². The van der Waals surface area contributed by atoms with Gasteiger partial charge in [0.1, 0.15) is 0 Å². The summed E-state index contributed by atoms with van der Waals surface area (Å²) in [5.41, 5.74) is 2.03. The van der Waals surface area contributed by atoms with Crippen molar-refractivity contribution in [3.63, 3.8) is 0 Å². The number of carbonyl (C=O) groups excluding carboxylic acids is 1. The van der Waals surface area contributed by atoms with Gasteiger partial charge in [0.25, 0.3) is 0 Å². The maximum atomic E-state index is 13.4. The summed E-state index contributed by atoms with van der Waals surface area (Å²) in [6.45, 7) is 9.93. The average molecular weight is 408 g/mol. The molecule has 1 aliphatic rings. The van der Waals surface area contributed by atoms with Gasteiger partial charge in [-0.2, -0.15) is 0 Å². The highest BCUT2D eigenvalue weighted by Gasteiger charge is 2.29. The van der Waals surface area contributed by atoms with Gasteiger partial charge in [0.15, 0.2) is 5.13 Å². The van der Waals surface area contributed by atoms with Gasteiger partial charge in [0.2, 0.25) is 5.91 Å². The number of halogens is 1. The van der Waals surface area contributed by atoms with E-state index in [4.69, 9.17) is 16.6 Å². The molecule has 4 nitrogen and oxygen atoms in total. The van der Waals surface area contributed by atoms with E-state index >= 15 is 0 Å². The number of aromatic nitrogens is 1. The van der Waals surface area contributed by atoms with E-state index in [-0.39, 0.29) is 11.8 Å². The Labute approximate surface area is 171 Å². The molecule has 0 radical (unpaired) electrons. The summed E-state index contributed by atoms with van der Waals surface area (Å²) in [7, 11) is 0. The molecule has 27 heavy (non-hydrogen) atoms. The number of benzene rings is 1. The van der Waals surface area contributed by atoms with Crippen molar-refractivity contribution in [2.24, 2.45) is 5.92 Å². The Kier molecular flexibility index (Phi) is 7.12. The van der Waals surface area contributed by atoms with Crippen molar-refractivity contribution in [1.29, 1.82) is 0 Å². The molecule has 0 bridgehead atoms. The van der Waals surface area contributed by atoms with Crippen LogP contribution in [0.15, 0.2) is 12.1 Å². The van der Waals surface area contributed by atoms with Gasteiger partial charge in [0, 0.05) is 24.0 Å². The smallest absolute Gasteiger partial charge is 0.231 e. The monoisotopic (exact) mass is 407 g/mol. The lowest BCUT2D eigenvalue weighted by Gasteiger charge is -2.29. The number of carbonyl (C=O) groups is 1. The summed E-state index contributed by atoms with van der Waals surface area (Å²) < 4.78 is 1.05. The van der Waals surface area contributed by atoms with Crippen LogP contribution < -0.4 is 4.90 Å². The fraction of sp³-hybridized carbons (Fsp3) is 0.619. The Bertz CT molecular complexity index is 781. The number of thiazole rings is 1. The summed E-state index contributed by atoms with van der Waals surface area (Å²) >= 11 is 7.81. The Hall–Kier alpha value is -1.17. The summed E-state index contributed by atoms with van der Waals surface area (Å²) in [4.78, 5) is 22.5. The van der Waals surface area contributed by atoms with Crippen molar-refractivity contribution >= 4 is 44.2 Å². The molecule has 0 atom stereocenters. The van der Waals surface area contributed by atoms with E-state index < -0.39 is 0 Å². The average Bonchev–Trinajstić information content (AvgIpc) is 3.09. The molecule has 1 aromatic carbocycles. The van der Waals surface area contributed by atoms with E-state index in [0.717, 1.165) is 71.3 Å². The van der Waals surface area contributed by atoms with Gasteiger partial charge in [-0.05, 0) is 50.6 Å². The van der Waals surface area contributed by atoms with E-state index in [0.29, 0.717) is 6.54 Å². The normalized spacial score (nSPS) is 15.6. The van der Waals surface area contributed by atoms with Crippen molar-refractivity contribution in [3.8, 4) is 0 Å². The van der Waals surface area contributed by atoms with Crippen molar-refractivity contribution < 1.29 is 4.79 Å². The van der Waals surface area contributed by atoms with Crippen LogP contribution in [0, 0.1) is 12.8 Å². The van der Waals surface area contributed by atoms with Gasteiger partial charge in [-0.25, -0.2) is 4.98 Å². The minimum Gasteiger partial charge on any atom is -0.302 e. The molecule has 2 aromatic rings. The molecule has 3 rings (SSSR count). The molecule has 0 N–H and O–H groups in total. The van der Waals surface area contributed by atoms with Gasteiger partial charge >= 0.3 is 0 Å². The molecular weight excluding hydrogens is 378 g/mol. The Morgan fingerprint density at radius 2 is 1.89 bits per heavy atom. The molecule has 1 heterocycles.